The lowest BCUT2D eigenvalue weighted by molar-refractivity contribution is -0.677. The van der Waals surface area contributed by atoms with Crippen LogP contribution >= 0.6 is 0 Å². The van der Waals surface area contributed by atoms with E-state index in [1.807, 2.05) is 65.2 Å². The van der Waals surface area contributed by atoms with Gasteiger partial charge in [-0.15, -0.1) is 0 Å². The molecule has 0 fully saturated rings. The van der Waals surface area contributed by atoms with Gasteiger partial charge < -0.3 is 24.0 Å². The summed E-state index contributed by atoms with van der Waals surface area (Å²) >= 11 is 0. The van der Waals surface area contributed by atoms with Crippen molar-refractivity contribution < 1.29 is 22.9 Å². The summed E-state index contributed by atoms with van der Waals surface area (Å²) in [4.78, 5) is 4.55. The summed E-state index contributed by atoms with van der Waals surface area (Å²) < 4.78 is 24.2. The van der Waals surface area contributed by atoms with Gasteiger partial charge in [-0.3, -0.25) is 0 Å². The lowest BCUT2D eigenvalue weighted by Crippen LogP contribution is -2.38. The zero-order valence-electron chi connectivity index (χ0n) is 17.7. The number of methoxy groups -OCH3 is 2. The van der Waals surface area contributed by atoms with E-state index in [2.05, 4.69) is 4.98 Å². The first kappa shape index (κ1) is 19.7. The Morgan fingerprint density at radius 1 is 0.906 bits per heavy atom. The van der Waals surface area contributed by atoms with Gasteiger partial charge in [0, 0.05) is 11.1 Å². The number of furan rings is 2. The quantitative estimate of drug-likeness (QED) is 0.395. The van der Waals surface area contributed by atoms with E-state index in [9.17, 15) is 0 Å². The van der Waals surface area contributed by atoms with Gasteiger partial charge in [0.1, 0.15) is 35.0 Å². The van der Waals surface area contributed by atoms with Crippen LogP contribution in [-0.2, 0) is 6.54 Å². The standard InChI is InChI=1S/C25H21N3O4/c1-29-18-9-5-16(6-10-18)21-22-24(26)28(14-20-4-3-13-31-20)15-27-25(22)32-23(21)17-7-11-19(30-2)12-8-17/h3-13,15,26H,14H2,1-2H3/p+1. The van der Waals surface area contributed by atoms with E-state index in [0.29, 0.717) is 23.8 Å². The van der Waals surface area contributed by atoms with Gasteiger partial charge in [-0.25, -0.2) is 4.57 Å². The molecule has 5 rings (SSSR count). The second kappa shape index (κ2) is 8.11. The molecule has 2 N–H and O–H groups in total. The molecule has 0 spiro atoms. The Morgan fingerprint density at radius 3 is 2.16 bits per heavy atom. The summed E-state index contributed by atoms with van der Waals surface area (Å²) in [5, 5.41) is 0.745. The topological polar surface area (TPSA) is 87.5 Å². The maximum Gasteiger partial charge on any atom is 0.310 e. The molecule has 0 atom stereocenters. The van der Waals surface area contributed by atoms with Crippen LogP contribution in [0.1, 0.15) is 5.76 Å². The highest BCUT2D eigenvalue weighted by molar-refractivity contribution is 6.04. The third-order valence-corrected chi connectivity index (χ3v) is 5.41. The van der Waals surface area contributed by atoms with Crippen molar-refractivity contribution in [3.8, 4) is 33.9 Å². The molecule has 2 aromatic carbocycles. The molecule has 0 unspecified atom stereocenters. The Hall–Kier alpha value is -4.26. The fourth-order valence-corrected chi connectivity index (χ4v) is 3.75. The minimum atomic E-state index is 0.465. The van der Waals surface area contributed by atoms with Gasteiger partial charge in [-0.1, -0.05) is 17.1 Å². The number of nitrogens with two attached hydrogens (primary N) is 1. The first-order valence-corrected chi connectivity index (χ1v) is 10.1. The van der Waals surface area contributed by atoms with Crippen LogP contribution in [0.5, 0.6) is 11.5 Å². The highest BCUT2D eigenvalue weighted by Crippen LogP contribution is 2.42. The van der Waals surface area contributed by atoms with Crippen LogP contribution in [0.25, 0.3) is 33.6 Å². The van der Waals surface area contributed by atoms with Crippen LogP contribution in [-0.4, -0.2) is 19.2 Å². The molecule has 3 heterocycles. The van der Waals surface area contributed by atoms with Crippen molar-refractivity contribution in [1.82, 2.24) is 4.98 Å². The maximum absolute atomic E-state index is 6.64. The molecule has 160 valence electrons. The fourth-order valence-electron chi connectivity index (χ4n) is 3.75. The van der Waals surface area contributed by atoms with E-state index in [1.165, 1.54) is 0 Å². The zero-order valence-corrected chi connectivity index (χ0v) is 17.7. The van der Waals surface area contributed by atoms with Crippen LogP contribution in [0.15, 0.2) is 82.1 Å². The SMILES string of the molecule is COc1ccc(-c2oc3nc[n+](Cc4ccco4)c(N)c3c2-c2ccc(OC)cc2)cc1. The lowest BCUT2D eigenvalue weighted by atomic mass is 9.99. The number of benzene rings is 2. The van der Waals surface area contributed by atoms with Gasteiger partial charge in [0.05, 0.1) is 20.5 Å². The molecule has 0 bridgehead atoms. The average molecular weight is 428 g/mol. The number of fused-ring (bicyclic) bond motifs is 1. The molecule has 7 nitrogen and oxygen atoms in total. The lowest BCUT2D eigenvalue weighted by Gasteiger charge is -2.07. The molecule has 0 aliphatic heterocycles. The van der Waals surface area contributed by atoms with Crippen LogP contribution in [0.4, 0.5) is 5.82 Å². The van der Waals surface area contributed by atoms with Crippen molar-refractivity contribution in [1.29, 1.82) is 0 Å². The zero-order chi connectivity index (χ0) is 22.1. The predicted molar refractivity (Wildman–Crippen MR) is 120 cm³/mol. The molecule has 32 heavy (non-hydrogen) atoms. The van der Waals surface area contributed by atoms with Crippen LogP contribution in [0.3, 0.4) is 0 Å². The van der Waals surface area contributed by atoms with E-state index in [4.69, 9.17) is 24.0 Å². The van der Waals surface area contributed by atoms with E-state index in [1.54, 1.807) is 26.8 Å². The third kappa shape index (κ3) is 3.43. The fraction of sp³-hybridized carbons (Fsp3) is 0.120. The van der Waals surface area contributed by atoms with E-state index in [0.717, 1.165) is 39.3 Å². The summed E-state index contributed by atoms with van der Waals surface area (Å²) in [5.74, 6) is 3.55. The number of nitrogen functional groups attached to an aromatic ring is 1. The summed E-state index contributed by atoms with van der Waals surface area (Å²) in [7, 11) is 3.28. The second-order valence-electron chi connectivity index (χ2n) is 7.28. The van der Waals surface area contributed by atoms with E-state index >= 15 is 0 Å². The highest BCUT2D eigenvalue weighted by atomic mass is 16.5. The number of nitrogens with zero attached hydrogens (tertiary/aromatic N) is 2. The van der Waals surface area contributed by atoms with Gasteiger partial charge in [0.15, 0.2) is 0 Å². The van der Waals surface area contributed by atoms with Crippen molar-refractivity contribution >= 4 is 16.9 Å². The molecule has 3 aromatic heterocycles. The molecule has 0 saturated heterocycles. The number of anilines is 1. The van der Waals surface area contributed by atoms with Gasteiger partial charge in [-0.2, -0.15) is 0 Å². The highest BCUT2D eigenvalue weighted by Gasteiger charge is 2.26. The number of hydrogen-bond acceptors (Lipinski definition) is 6. The summed E-state index contributed by atoms with van der Waals surface area (Å²) in [6.07, 6.45) is 3.31. The number of rotatable bonds is 6. The first-order chi connectivity index (χ1) is 15.7. The van der Waals surface area contributed by atoms with Gasteiger partial charge in [-0.05, 0) is 54.1 Å². The summed E-state index contributed by atoms with van der Waals surface area (Å²) in [6.45, 7) is 0.465. The molecular weight excluding hydrogens is 406 g/mol. The van der Waals surface area contributed by atoms with Crippen molar-refractivity contribution in [3.63, 3.8) is 0 Å². The van der Waals surface area contributed by atoms with Gasteiger partial charge in [0.2, 0.25) is 12.1 Å². The smallest absolute Gasteiger partial charge is 0.310 e. The Bertz CT molecular complexity index is 1360. The van der Waals surface area contributed by atoms with E-state index in [-0.39, 0.29) is 0 Å². The molecule has 0 radical (unpaired) electrons. The van der Waals surface area contributed by atoms with Crippen LogP contribution in [0.2, 0.25) is 0 Å². The monoisotopic (exact) mass is 428 g/mol. The average Bonchev–Trinajstić information content (AvgIpc) is 3.49. The van der Waals surface area contributed by atoms with Crippen molar-refractivity contribution in [3.05, 3.63) is 79.0 Å². The number of ether oxygens (including phenoxy) is 2. The molecule has 0 aliphatic rings. The summed E-state index contributed by atoms with van der Waals surface area (Å²) in [5.41, 5.74) is 9.82. The number of hydrogen-bond donors (Lipinski definition) is 1. The van der Waals surface area contributed by atoms with Gasteiger partial charge >= 0.3 is 5.71 Å². The first-order valence-electron chi connectivity index (χ1n) is 10.1. The summed E-state index contributed by atoms with van der Waals surface area (Å²) in [6, 6.07) is 19.2. The predicted octanol–water partition coefficient (Wildman–Crippen LogP) is 4.69. The Kier molecular flexibility index (Phi) is 4.99. The Labute approximate surface area is 184 Å². The molecule has 0 saturated carbocycles. The Morgan fingerprint density at radius 2 is 1.56 bits per heavy atom. The van der Waals surface area contributed by atoms with Crippen LogP contribution in [0, 0.1) is 0 Å². The largest absolute Gasteiger partial charge is 0.497 e. The molecule has 7 heteroatoms. The van der Waals surface area contributed by atoms with Crippen molar-refractivity contribution in [2.24, 2.45) is 0 Å². The minimum absolute atomic E-state index is 0.465. The minimum Gasteiger partial charge on any atom is -0.497 e. The molecule has 0 aliphatic carbocycles. The number of aromatic nitrogens is 2. The normalized spacial score (nSPS) is 11.1. The Balaban J connectivity index is 1.73. The third-order valence-electron chi connectivity index (χ3n) is 5.41. The van der Waals surface area contributed by atoms with Gasteiger partial charge in [0.25, 0.3) is 0 Å². The molecule has 5 aromatic rings. The van der Waals surface area contributed by atoms with E-state index < -0.39 is 0 Å². The van der Waals surface area contributed by atoms with Crippen LogP contribution < -0.4 is 19.8 Å². The second-order valence-corrected chi connectivity index (χ2v) is 7.28. The molecular formula is C25H22N3O4+. The molecule has 0 amide bonds. The van der Waals surface area contributed by atoms with Crippen molar-refractivity contribution in [2.45, 2.75) is 6.54 Å². The maximum atomic E-state index is 6.64. The van der Waals surface area contributed by atoms with Crippen molar-refractivity contribution in [2.75, 3.05) is 20.0 Å².